The van der Waals surface area contributed by atoms with E-state index in [1.54, 1.807) is 31.2 Å². The fourth-order valence-electron chi connectivity index (χ4n) is 8.81. The molecular weight excluding hydrogens is 1000 g/mol. The molecule has 0 aliphatic carbocycles. The van der Waals surface area contributed by atoms with Gasteiger partial charge in [0.15, 0.2) is 11.9 Å². The number of aliphatic hydroxyl groups is 2. The van der Waals surface area contributed by atoms with Gasteiger partial charge in [-0.3, -0.25) is 28.8 Å². The number of nitrogens with two attached hydrogens (primary N) is 1. The van der Waals surface area contributed by atoms with E-state index in [9.17, 15) is 43.8 Å². The molecule has 0 radical (unpaired) electrons. The van der Waals surface area contributed by atoms with Crippen molar-refractivity contribution in [3.63, 3.8) is 0 Å². The Kier molecular flexibility index (Phi) is 19.7. The Hall–Kier alpha value is -6.06. The van der Waals surface area contributed by atoms with Crippen LogP contribution in [0.2, 0.25) is 0 Å². The molecule has 75 heavy (non-hydrogen) atoms. The fraction of sp³-hybridized carbons (Fsp3) is 0.510. The maximum Gasteiger partial charge on any atom is 0.340 e. The third kappa shape index (κ3) is 13.7. The van der Waals surface area contributed by atoms with Gasteiger partial charge in [0.1, 0.15) is 35.7 Å². The van der Waals surface area contributed by atoms with Crippen LogP contribution in [-0.4, -0.2) is 166 Å². The van der Waals surface area contributed by atoms with Crippen molar-refractivity contribution >= 4 is 59.0 Å². The lowest BCUT2D eigenvalue weighted by Gasteiger charge is -2.40. The Morgan fingerprint density at radius 3 is 1.99 bits per heavy atom. The van der Waals surface area contributed by atoms with E-state index >= 15 is 0 Å². The maximum absolute atomic E-state index is 13.8. The van der Waals surface area contributed by atoms with Gasteiger partial charge in [-0.2, -0.15) is 0 Å². The van der Waals surface area contributed by atoms with E-state index in [1.165, 1.54) is 51.3 Å². The summed E-state index contributed by atoms with van der Waals surface area (Å²) in [6.45, 7) is 6.93. The van der Waals surface area contributed by atoms with Crippen LogP contribution in [0, 0.1) is 5.92 Å². The number of esters is 3. The Morgan fingerprint density at radius 2 is 1.39 bits per heavy atom. The number of thioether (sulfide) groups is 1. The summed E-state index contributed by atoms with van der Waals surface area (Å²) in [5.74, 6) is -3.26. The molecule has 4 amide bonds. The van der Waals surface area contributed by atoms with Gasteiger partial charge in [0, 0.05) is 94.2 Å². The Morgan fingerprint density at radius 1 is 0.800 bits per heavy atom. The second-order valence-electron chi connectivity index (χ2n) is 17.9. The Labute approximate surface area is 436 Å². The second-order valence-corrected chi connectivity index (χ2v) is 19.2. The number of ether oxygens (including phenoxy) is 10. The number of methoxy groups -OCH3 is 1. The molecule has 24 heteroatoms. The first kappa shape index (κ1) is 56.7. The van der Waals surface area contributed by atoms with E-state index in [1.807, 2.05) is 0 Å². The first-order valence-electron chi connectivity index (χ1n) is 24.4. The third-order valence-corrected chi connectivity index (χ3v) is 13.9. The SMILES string of the molecule is CO[C@@H]1OC(COCC(=O)NCCCOCCOCCOCCCNC(=O)C(N)CSC2CC(=O)N(c3ccc4c(c3)C(=O)OC43c4ccc(OC(C)=O)cc4Oc4cc(OC(C)=O)ccc43)C2=O)[C@@H](C)[C@H](O)C1O. The van der Waals surface area contributed by atoms with Crippen LogP contribution in [0.25, 0.3) is 0 Å². The van der Waals surface area contributed by atoms with Gasteiger partial charge in [-0.05, 0) is 49.2 Å². The molecule has 0 aromatic heterocycles. The second kappa shape index (κ2) is 26.1. The van der Waals surface area contributed by atoms with Gasteiger partial charge < -0.3 is 73.9 Å². The topological polar surface area (TPSA) is 306 Å². The zero-order valence-electron chi connectivity index (χ0n) is 41.9. The predicted molar refractivity (Wildman–Crippen MR) is 264 cm³/mol. The summed E-state index contributed by atoms with van der Waals surface area (Å²) in [7, 11) is 1.37. The summed E-state index contributed by atoms with van der Waals surface area (Å²) in [6.07, 6.45) is -2.79. The highest BCUT2D eigenvalue weighted by atomic mass is 32.2. The van der Waals surface area contributed by atoms with Gasteiger partial charge in [0.05, 0.1) is 67.8 Å². The van der Waals surface area contributed by atoms with Crippen LogP contribution in [0.3, 0.4) is 0 Å². The van der Waals surface area contributed by atoms with Crippen molar-refractivity contribution in [3.05, 3.63) is 76.9 Å². The molecule has 1 spiro atoms. The molecule has 406 valence electrons. The number of hydrogen-bond donors (Lipinski definition) is 5. The summed E-state index contributed by atoms with van der Waals surface area (Å²) < 4.78 is 55.7. The average molecular weight is 1070 g/mol. The number of hydrogen-bond acceptors (Lipinski definition) is 21. The van der Waals surface area contributed by atoms with Crippen molar-refractivity contribution in [2.24, 2.45) is 11.7 Å². The average Bonchev–Trinajstić information content (AvgIpc) is 3.89. The molecule has 23 nitrogen and oxygen atoms in total. The molecule has 2 fully saturated rings. The largest absolute Gasteiger partial charge is 0.456 e. The van der Waals surface area contributed by atoms with E-state index in [0.717, 1.165) is 16.7 Å². The van der Waals surface area contributed by atoms with Gasteiger partial charge in [0.25, 0.3) is 0 Å². The molecule has 4 heterocycles. The molecule has 0 bridgehead atoms. The molecule has 4 unspecified atom stereocenters. The number of imide groups is 1. The number of benzene rings is 3. The van der Waals surface area contributed by atoms with Crippen LogP contribution < -0.4 is 35.5 Å². The highest BCUT2D eigenvalue weighted by Crippen LogP contribution is 2.57. The zero-order valence-corrected chi connectivity index (χ0v) is 42.7. The number of carbonyl (C=O) groups excluding carboxylic acids is 7. The molecule has 4 aliphatic heterocycles. The number of rotatable bonds is 26. The summed E-state index contributed by atoms with van der Waals surface area (Å²) in [5, 5.41) is 24.8. The molecule has 3 aromatic rings. The maximum atomic E-state index is 13.8. The number of anilines is 1. The van der Waals surface area contributed by atoms with Crippen LogP contribution >= 0.6 is 11.8 Å². The zero-order chi connectivity index (χ0) is 53.8. The lowest BCUT2D eigenvalue weighted by molar-refractivity contribution is -0.282. The quantitative estimate of drug-likeness (QED) is 0.0330. The minimum absolute atomic E-state index is 0.0526. The van der Waals surface area contributed by atoms with Crippen molar-refractivity contribution in [3.8, 4) is 23.0 Å². The molecule has 7 atom stereocenters. The van der Waals surface area contributed by atoms with Crippen molar-refractivity contribution in [1.82, 2.24) is 10.6 Å². The molecule has 0 saturated carbocycles. The summed E-state index contributed by atoms with van der Waals surface area (Å²) in [6, 6.07) is 12.8. The number of aliphatic hydroxyl groups excluding tert-OH is 2. The lowest BCUT2D eigenvalue weighted by Crippen LogP contribution is -2.55. The van der Waals surface area contributed by atoms with Crippen LogP contribution in [0.15, 0.2) is 54.6 Å². The van der Waals surface area contributed by atoms with Crippen molar-refractivity contribution in [2.45, 2.75) is 81.5 Å². The number of amides is 4. The van der Waals surface area contributed by atoms with Crippen molar-refractivity contribution in [1.29, 1.82) is 0 Å². The van der Waals surface area contributed by atoms with Crippen LogP contribution in [0.1, 0.15) is 67.1 Å². The normalized spacial score (nSPS) is 21.6. The fourth-order valence-corrected chi connectivity index (χ4v) is 9.91. The van der Waals surface area contributed by atoms with Crippen LogP contribution in [-0.2, 0) is 67.5 Å². The summed E-state index contributed by atoms with van der Waals surface area (Å²) >= 11 is 1.09. The van der Waals surface area contributed by atoms with E-state index in [0.29, 0.717) is 82.3 Å². The molecule has 2 saturated heterocycles. The lowest BCUT2D eigenvalue weighted by atomic mass is 9.77. The van der Waals surface area contributed by atoms with E-state index in [2.05, 4.69) is 10.6 Å². The molecule has 7 rings (SSSR count). The van der Waals surface area contributed by atoms with E-state index < -0.39 is 83.0 Å². The number of fused-ring (bicyclic) bond motifs is 6. The van der Waals surface area contributed by atoms with Gasteiger partial charge >= 0.3 is 17.9 Å². The molecule has 3 aromatic carbocycles. The van der Waals surface area contributed by atoms with E-state index in [4.69, 9.17) is 53.1 Å². The third-order valence-electron chi connectivity index (χ3n) is 12.5. The van der Waals surface area contributed by atoms with Crippen molar-refractivity contribution in [2.75, 3.05) is 83.7 Å². The Bertz CT molecular complexity index is 2510. The number of nitrogens with one attached hydrogen (secondary N) is 2. The van der Waals surface area contributed by atoms with Crippen molar-refractivity contribution < 1.29 is 91.1 Å². The summed E-state index contributed by atoms with van der Waals surface area (Å²) in [5.41, 5.74) is 6.00. The Balaban J connectivity index is 0.770. The van der Waals surface area contributed by atoms with Crippen LogP contribution in [0.4, 0.5) is 5.69 Å². The predicted octanol–water partition coefficient (Wildman–Crippen LogP) is 1.61. The minimum atomic E-state index is -1.58. The molecule has 4 aliphatic rings. The van der Waals surface area contributed by atoms with Crippen LogP contribution in [0.5, 0.6) is 23.0 Å². The standard InChI is InChI=1S/C51H62N4O19S/c1-28-41(73-50(65-4)46(61)45(28)60)25-69-26-43(58)53-13-5-15-66-17-19-68-20-18-67-16-6-14-54-47(62)38(52)27-75-42-24-44(59)55(48(42)63)31-7-10-35-34(21-31)49(64)74-51(35)36-11-8-32(70-29(2)56)22-39(36)72-40-23-33(71-30(3)57)9-12-37(40)51/h7-12,21-23,28,38,41-42,45-46,50,60-61H,5-6,13-20,24-27,52H2,1-4H3,(H,53,58)(H,54,62)/t28-,38?,41?,42?,45+,46?,50-/m1/s1. The number of carbonyl (C=O) groups is 7. The smallest absolute Gasteiger partial charge is 0.340 e. The van der Waals surface area contributed by atoms with Gasteiger partial charge in [-0.1, -0.05) is 13.0 Å². The minimum Gasteiger partial charge on any atom is -0.456 e. The van der Waals surface area contributed by atoms with Gasteiger partial charge in [0.2, 0.25) is 23.6 Å². The van der Waals surface area contributed by atoms with Gasteiger partial charge in [-0.15, -0.1) is 11.8 Å². The first-order valence-corrected chi connectivity index (χ1v) is 25.4. The first-order chi connectivity index (χ1) is 36.0. The highest BCUT2D eigenvalue weighted by Gasteiger charge is 2.54. The molecular formula is C51H62N4O19S. The summed E-state index contributed by atoms with van der Waals surface area (Å²) in [4.78, 5) is 90.4. The van der Waals surface area contributed by atoms with Gasteiger partial charge in [-0.25, -0.2) is 9.69 Å². The molecule has 6 N–H and O–H groups in total. The highest BCUT2D eigenvalue weighted by molar-refractivity contribution is 8.00. The van der Waals surface area contributed by atoms with E-state index in [-0.39, 0.29) is 65.5 Å². The number of nitrogens with zero attached hydrogens (tertiary/aromatic N) is 1. The monoisotopic (exact) mass is 1070 g/mol.